The van der Waals surface area contributed by atoms with E-state index in [9.17, 15) is 24.9 Å². The molecule has 7 atom stereocenters. The van der Waals surface area contributed by atoms with Crippen molar-refractivity contribution in [2.45, 2.75) is 62.8 Å². The van der Waals surface area contributed by atoms with E-state index in [0.29, 0.717) is 25.7 Å². The van der Waals surface area contributed by atoms with Crippen molar-refractivity contribution in [2.75, 3.05) is 13.2 Å². The summed E-state index contributed by atoms with van der Waals surface area (Å²) >= 11 is 0. The van der Waals surface area contributed by atoms with Crippen molar-refractivity contribution in [2.24, 2.45) is 11.8 Å². The Labute approximate surface area is 157 Å². The van der Waals surface area contributed by atoms with Gasteiger partial charge in [-0.05, 0) is 25.2 Å². The van der Waals surface area contributed by atoms with Gasteiger partial charge in [0.2, 0.25) is 0 Å². The van der Waals surface area contributed by atoms with Gasteiger partial charge in [-0.3, -0.25) is 9.59 Å². The summed E-state index contributed by atoms with van der Waals surface area (Å²) in [6.45, 7) is -0.353. The summed E-state index contributed by atoms with van der Waals surface area (Å²) < 4.78 is 10.6. The molecule has 5 N–H and O–H groups in total. The van der Waals surface area contributed by atoms with E-state index in [1.807, 2.05) is 6.08 Å². The van der Waals surface area contributed by atoms with Gasteiger partial charge < -0.3 is 35.0 Å². The minimum absolute atomic E-state index is 0.00443. The summed E-state index contributed by atoms with van der Waals surface area (Å²) in [7, 11) is 0. The Kier molecular flexibility index (Phi) is 8.33. The van der Waals surface area contributed by atoms with Crippen LogP contribution in [0, 0.1) is 11.8 Å². The van der Waals surface area contributed by atoms with Crippen LogP contribution in [-0.4, -0.2) is 81.2 Å². The smallest absolute Gasteiger partial charge is 0.303 e. The number of carboxylic acids is 1. The molecule has 0 aromatic rings. The minimum Gasteiger partial charge on any atom is -0.481 e. The Bertz CT molecular complexity index is 533. The number of ether oxygens (including phenoxy) is 2. The van der Waals surface area contributed by atoms with Crippen molar-refractivity contribution in [1.82, 2.24) is 0 Å². The lowest BCUT2D eigenvalue weighted by atomic mass is 9.89. The van der Waals surface area contributed by atoms with Crippen LogP contribution >= 0.6 is 0 Å². The maximum atomic E-state index is 11.9. The van der Waals surface area contributed by atoms with Crippen LogP contribution in [0.5, 0.6) is 0 Å². The lowest BCUT2D eigenvalue weighted by molar-refractivity contribution is -0.300. The lowest BCUT2D eigenvalue weighted by Gasteiger charge is -2.39. The molecular weight excluding hydrogens is 360 g/mol. The summed E-state index contributed by atoms with van der Waals surface area (Å²) in [5.74, 6) is -1.17. The van der Waals surface area contributed by atoms with Crippen molar-refractivity contribution in [3.63, 3.8) is 0 Å². The molecule has 1 saturated carbocycles. The van der Waals surface area contributed by atoms with E-state index in [1.54, 1.807) is 6.08 Å². The number of aliphatic carboxylic acids is 1. The lowest BCUT2D eigenvalue weighted by Crippen LogP contribution is -2.59. The van der Waals surface area contributed by atoms with Gasteiger partial charge in [-0.1, -0.05) is 12.2 Å². The molecule has 9 nitrogen and oxygen atoms in total. The fourth-order valence-corrected chi connectivity index (χ4v) is 3.59. The Morgan fingerprint density at radius 3 is 2.59 bits per heavy atom. The maximum absolute atomic E-state index is 11.9. The second-order valence-corrected chi connectivity index (χ2v) is 7.03. The molecule has 9 heteroatoms. The Balaban J connectivity index is 1.73. The number of aliphatic hydroxyl groups is 4. The van der Waals surface area contributed by atoms with E-state index in [2.05, 4.69) is 0 Å². The van der Waals surface area contributed by atoms with Gasteiger partial charge in [-0.25, -0.2) is 0 Å². The number of hydrogen-bond acceptors (Lipinski definition) is 8. The van der Waals surface area contributed by atoms with Gasteiger partial charge in [0, 0.05) is 18.8 Å². The molecule has 0 aromatic carbocycles. The zero-order valence-corrected chi connectivity index (χ0v) is 15.0. The van der Waals surface area contributed by atoms with E-state index in [-0.39, 0.29) is 30.6 Å². The second-order valence-electron chi connectivity index (χ2n) is 7.03. The summed E-state index contributed by atoms with van der Waals surface area (Å²) in [5, 5.41) is 47.3. The summed E-state index contributed by atoms with van der Waals surface area (Å²) in [4.78, 5) is 22.7. The van der Waals surface area contributed by atoms with Crippen molar-refractivity contribution in [3.05, 3.63) is 12.2 Å². The number of ketones is 1. The molecule has 0 amide bonds. The predicted molar refractivity (Wildman–Crippen MR) is 91.6 cm³/mol. The molecule has 2 aliphatic rings. The molecule has 27 heavy (non-hydrogen) atoms. The van der Waals surface area contributed by atoms with E-state index >= 15 is 0 Å². The monoisotopic (exact) mass is 388 g/mol. The van der Waals surface area contributed by atoms with Crippen LogP contribution in [0.25, 0.3) is 0 Å². The van der Waals surface area contributed by atoms with E-state index in [0.717, 1.165) is 0 Å². The summed E-state index contributed by atoms with van der Waals surface area (Å²) in [6, 6.07) is 0. The van der Waals surface area contributed by atoms with Gasteiger partial charge in [0.05, 0.1) is 13.2 Å². The molecule has 0 bridgehead atoms. The molecule has 1 saturated heterocycles. The quantitative estimate of drug-likeness (QED) is 0.252. The second kappa shape index (κ2) is 10.3. The first kappa shape index (κ1) is 21.9. The first-order valence-corrected chi connectivity index (χ1v) is 9.16. The van der Waals surface area contributed by atoms with Crippen LogP contribution in [0.4, 0.5) is 0 Å². The molecule has 0 unspecified atom stereocenters. The van der Waals surface area contributed by atoms with Crippen LogP contribution < -0.4 is 0 Å². The average molecular weight is 388 g/mol. The highest BCUT2D eigenvalue weighted by molar-refractivity contribution is 5.84. The summed E-state index contributed by atoms with van der Waals surface area (Å²) in [5.41, 5.74) is 0. The third-order valence-electron chi connectivity index (χ3n) is 5.15. The minimum atomic E-state index is -1.48. The van der Waals surface area contributed by atoms with E-state index in [4.69, 9.17) is 19.7 Å². The van der Waals surface area contributed by atoms with Gasteiger partial charge >= 0.3 is 5.97 Å². The normalized spacial score (nSPS) is 37.2. The zero-order chi connectivity index (χ0) is 20.0. The van der Waals surface area contributed by atoms with Crippen LogP contribution in [0.1, 0.15) is 32.1 Å². The molecule has 0 aromatic heterocycles. The maximum Gasteiger partial charge on any atom is 0.303 e. The van der Waals surface area contributed by atoms with E-state index in [1.165, 1.54) is 0 Å². The van der Waals surface area contributed by atoms with Crippen LogP contribution in [0.3, 0.4) is 0 Å². The standard InChI is InChI=1S/C18H28O9/c19-9-13-15(23)16(24)17(25)18(27-13)26-7-3-1-2-4-11-10(8-14(21)22)5-6-12(11)20/h1-2,10-11,13,15-19,23-25H,3-9H2,(H,21,22)/b2-1+/t10-,11-,13+,15-,16-,17+,18+/m1/s1. The Hall–Kier alpha value is -1.36. The molecule has 0 radical (unpaired) electrons. The van der Waals surface area contributed by atoms with Crippen molar-refractivity contribution in [1.29, 1.82) is 0 Å². The number of aliphatic hydroxyl groups excluding tert-OH is 4. The van der Waals surface area contributed by atoms with E-state index < -0.39 is 43.3 Å². The SMILES string of the molecule is O=C(O)C[C@H]1CCC(=O)[C@@H]1C/C=C/CCO[C@H]1O[C@@H](CO)[C@@H](O)[C@@H](O)[C@@H]1O. The van der Waals surface area contributed by atoms with Crippen LogP contribution in [-0.2, 0) is 19.1 Å². The van der Waals surface area contributed by atoms with Crippen molar-refractivity contribution >= 4 is 11.8 Å². The fourth-order valence-electron chi connectivity index (χ4n) is 3.59. The third kappa shape index (κ3) is 5.81. The molecular formula is C18H28O9. The summed E-state index contributed by atoms with van der Waals surface area (Å²) in [6.07, 6.45) is -0.898. The number of carboxylic acid groups (broad SMARTS) is 1. The van der Waals surface area contributed by atoms with Gasteiger partial charge in [-0.2, -0.15) is 0 Å². The number of carbonyl (C=O) groups excluding carboxylic acids is 1. The highest BCUT2D eigenvalue weighted by Crippen LogP contribution is 2.34. The predicted octanol–water partition coefficient (Wildman–Crippen LogP) is -0.791. The first-order chi connectivity index (χ1) is 12.8. The number of allylic oxidation sites excluding steroid dienone is 1. The highest BCUT2D eigenvalue weighted by atomic mass is 16.7. The molecule has 2 rings (SSSR count). The zero-order valence-electron chi connectivity index (χ0n) is 15.0. The number of hydrogen-bond donors (Lipinski definition) is 5. The van der Waals surface area contributed by atoms with Crippen LogP contribution in [0.15, 0.2) is 12.2 Å². The van der Waals surface area contributed by atoms with Crippen molar-refractivity contribution < 1.29 is 44.6 Å². The highest BCUT2D eigenvalue weighted by Gasteiger charge is 2.43. The number of carbonyl (C=O) groups is 2. The molecule has 1 heterocycles. The van der Waals surface area contributed by atoms with Gasteiger partial charge in [0.15, 0.2) is 6.29 Å². The number of Topliss-reactive ketones (excluding diaryl/α,β-unsaturated/α-hetero) is 1. The number of rotatable bonds is 9. The third-order valence-corrected chi connectivity index (χ3v) is 5.15. The fraction of sp³-hybridized carbons (Fsp3) is 0.778. The van der Waals surface area contributed by atoms with Gasteiger partial charge in [-0.15, -0.1) is 0 Å². The Morgan fingerprint density at radius 1 is 1.19 bits per heavy atom. The first-order valence-electron chi connectivity index (χ1n) is 9.16. The molecule has 2 fully saturated rings. The topological polar surface area (TPSA) is 154 Å². The van der Waals surface area contributed by atoms with Crippen LogP contribution in [0.2, 0.25) is 0 Å². The average Bonchev–Trinajstić information content (AvgIpc) is 2.96. The van der Waals surface area contributed by atoms with Gasteiger partial charge in [0.25, 0.3) is 0 Å². The Morgan fingerprint density at radius 2 is 1.93 bits per heavy atom. The van der Waals surface area contributed by atoms with Crippen molar-refractivity contribution in [3.8, 4) is 0 Å². The molecule has 1 aliphatic carbocycles. The molecule has 0 spiro atoms. The van der Waals surface area contributed by atoms with Gasteiger partial charge in [0.1, 0.15) is 30.2 Å². The largest absolute Gasteiger partial charge is 0.481 e. The molecule has 154 valence electrons. The molecule has 1 aliphatic heterocycles.